The quantitative estimate of drug-likeness (QED) is 0.515. The summed E-state index contributed by atoms with van der Waals surface area (Å²) in [7, 11) is 2.13. The number of amides is 1. The van der Waals surface area contributed by atoms with Crippen molar-refractivity contribution in [3.05, 3.63) is 60.4 Å². The number of piperidine rings is 1. The molecule has 0 unspecified atom stereocenters. The molecule has 1 aromatic carbocycles. The molecule has 1 aliphatic heterocycles. The Morgan fingerprint density at radius 3 is 2.72 bits per heavy atom. The van der Waals surface area contributed by atoms with Crippen molar-refractivity contribution in [1.29, 1.82) is 0 Å². The van der Waals surface area contributed by atoms with E-state index >= 15 is 0 Å². The molecule has 9 nitrogen and oxygen atoms in total. The number of fused-ring (bicyclic) bond motifs is 1. The smallest absolute Gasteiger partial charge is 0.274 e. The van der Waals surface area contributed by atoms with E-state index in [4.69, 9.17) is 0 Å². The first-order chi connectivity index (χ1) is 15.5. The van der Waals surface area contributed by atoms with Crippen molar-refractivity contribution in [1.82, 2.24) is 29.0 Å². The van der Waals surface area contributed by atoms with Crippen LogP contribution < -0.4 is 5.32 Å². The molecule has 0 aliphatic carbocycles. The van der Waals surface area contributed by atoms with Crippen LogP contribution in [-0.2, 0) is 0 Å². The largest absolute Gasteiger partial charge is 0.507 e. The lowest BCUT2D eigenvalue weighted by molar-refractivity contribution is 0.102. The van der Waals surface area contributed by atoms with Crippen molar-refractivity contribution in [3.8, 4) is 16.9 Å². The summed E-state index contributed by atoms with van der Waals surface area (Å²) in [6.45, 7) is 4.04. The Labute approximate surface area is 185 Å². The molecule has 0 radical (unpaired) electrons. The van der Waals surface area contributed by atoms with E-state index in [1.54, 1.807) is 29.1 Å². The van der Waals surface area contributed by atoms with Crippen LogP contribution in [0.1, 0.15) is 34.9 Å². The molecule has 0 saturated carbocycles. The second-order valence-electron chi connectivity index (χ2n) is 8.37. The Morgan fingerprint density at radius 1 is 1.12 bits per heavy atom. The van der Waals surface area contributed by atoms with Crippen LogP contribution in [0.2, 0.25) is 0 Å². The van der Waals surface area contributed by atoms with Gasteiger partial charge in [0.15, 0.2) is 0 Å². The molecule has 9 heteroatoms. The molecule has 1 saturated heterocycles. The Morgan fingerprint density at radius 2 is 1.91 bits per heavy atom. The maximum Gasteiger partial charge on any atom is 0.274 e. The zero-order valence-electron chi connectivity index (χ0n) is 18.1. The lowest BCUT2D eigenvalue weighted by Gasteiger charge is -2.28. The van der Waals surface area contributed by atoms with Gasteiger partial charge in [0.05, 0.1) is 24.1 Å². The number of aromatic hydroxyl groups is 1. The number of carbonyl (C=O) groups excluding carboxylic acids is 1. The standard InChI is InChI=1S/C23H25N7O2/c1-15-3-4-21(31)19(9-15)16-10-24-23-25-12-20(29(23)13-16)22(32)27-17-11-26-30(14-17)18-5-7-28(2)8-6-18/h3-4,9-14,18,31H,5-8H2,1-2H3,(H,27,32). The van der Waals surface area contributed by atoms with Crippen molar-refractivity contribution in [2.75, 3.05) is 25.5 Å². The predicted octanol–water partition coefficient (Wildman–Crippen LogP) is 3.13. The summed E-state index contributed by atoms with van der Waals surface area (Å²) in [5.41, 5.74) is 3.36. The molecule has 0 bridgehead atoms. The van der Waals surface area contributed by atoms with Gasteiger partial charge in [-0.1, -0.05) is 11.6 Å². The van der Waals surface area contributed by atoms with E-state index in [1.165, 1.54) is 6.20 Å². The summed E-state index contributed by atoms with van der Waals surface area (Å²) in [4.78, 5) is 23.9. The highest BCUT2D eigenvalue weighted by Gasteiger charge is 2.20. The van der Waals surface area contributed by atoms with Crippen LogP contribution in [0, 0.1) is 6.92 Å². The molecule has 4 aromatic rings. The molecule has 5 rings (SSSR count). The summed E-state index contributed by atoms with van der Waals surface area (Å²) < 4.78 is 3.57. The van der Waals surface area contributed by atoms with Crippen LogP contribution in [0.5, 0.6) is 5.75 Å². The van der Waals surface area contributed by atoms with Gasteiger partial charge in [-0.2, -0.15) is 5.10 Å². The summed E-state index contributed by atoms with van der Waals surface area (Å²) in [6, 6.07) is 5.72. The molecule has 1 fully saturated rings. The number of aromatic nitrogens is 5. The Bertz CT molecular complexity index is 1280. The first-order valence-electron chi connectivity index (χ1n) is 10.6. The maximum absolute atomic E-state index is 13.0. The number of hydrogen-bond acceptors (Lipinski definition) is 6. The highest BCUT2D eigenvalue weighted by Crippen LogP contribution is 2.30. The number of phenols is 1. The zero-order chi connectivity index (χ0) is 22.2. The average Bonchev–Trinajstić information content (AvgIpc) is 3.42. The topological polar surface area (TPSA) is 101 Å². The molecule has 32 heavy (non-hydrogen) atoms. The molecular weight excluding hydrogens is 406 g/mol. The van der Waals surface area contributed by atoms with E-state index in [2.05, 4.69) is 32.3 Å². The van der Waals surface area contributed by atoms with E-state index in [1.807, 2.05) is 29.9 Å². The van der Waals surface area contributed by atoms with Crippen molar-refractivity contribution in [2.45, 2.75) is 25.8 Å². The Hall–Kier alpha value is -3.72. The SMILES string of the molecule is Cc1ccc(O)c(-c2cnc3ncc(C(=O)Nc4cnn(C5CCN(C)CC5)c4)n3c2)c1. The van der Waals surface area contributed by atoms with E-state index in [0.717, 1.165) is 31.5 Å². The van der Waals surface area contributed by atoms with Gasteiger partial charge in [0.1, 0.15) is 11.4 Å². The fraction of sp³-hybridized carbons (Fsp3) is 0.304. The molecular formula is C23H25N7O2. The van der Waals surface area contributed by atoms with Gasteiger partial charge in [-0.15, -0.1) is 0 Å². The molecule has 4 heterocycles. The first-order valence-corrected chi connectivity index (χ1v) is 10.6. The van der Waals surface area contributed by atoms with E-state index in [-0.39, 0.29) is 11.7 Å². The average molecular weight is 432 g/mol. The van der Waals surface area contributed by atoms with Gasteiger partial charge in [-0.3, -0.25) is 13.9 Å². The third-order valence-corrected chi connectivity index (χ3v) is 5.98. The zero-order valence-corrected chi connectivity index (χ0v) is 18.1. The van der Waals surface area contributed by atoms with E-state index < -0.39 is 0 Å². The van der Waals surface area contributed by atoms with Crippen LogP contribution >= 0.6 is 0 Å². The van der Waals surface area contributed by atoms with Crippen LogP contribution in [0.4, 0.5) is 5.69 Å². The first kappa shape index (κ1) is 20.2. The van der Waals surface area contributed by atoms with Crippen LogP contribution in [-0.4, -0.2) is 60.2 Å². The van der Waals surface area contributed by atoms with Gasteiger partial charge in [0, 0.05) is 29.7 Å². The minimum absolute atomic E-state index is 0.157. The minimum Gasteiger partial charge on any atom is -0.507 e. The number of nitrogens with one attached hydrogen (secondary N) is 1. The summed E-state index contributed by atoms with van der Waals surface area (Å²) >= 11 is 0. The van der Waals surface area contributed by atoms with Crippen molar-refractivity contribution >= 4 is 17.4 Å². The van der Waals surface area contributed by atoms with Gasteiger partial charge in [0.25, 0.3) is 5.91 Å². The summed E-state index contributed by atoms with van der Waals surface area (Å²) in [5.74, 6) is 0.269. The molecule has 3 aromatic heterocycles. The van der Waals surface area contributed by atoms with Crippen molar-refractivity contribution < 1.29 is 9.90 Å². The third-order valence-electron chi connectivity index (χ3n) is 5.98. The molecule has 0 atom stereocenters. The lowest BCUT2D eigenvalue weighted by atomic mass is 10.1. The number of hydrogen-bond donors (Lipinski definition) is 2. The number of nitrogens with zero attached hydrogens (tertiary/aromatic N) is 6. The van der Waals surface area contributed by atoms with E-state index in [0.29, 0.717) is 34.3 Å². The number of imidazole rings is 1. The number of carbonyl (C=O) groups is 1. The van der Waals surface area contributed by atoms with Gasteiger partial charge in [-0.25, -0.2) is 9.97 Å². The molecule has 164 valence electrons. The van der Waals surface area contributed by atoms with Gasteiger partial charge in [0.2, 0.25) is 5.78 Å². The molecule has 1 aliphatic rings. The van der Waals surface area contributed by atoms with Crippen molar-refractivity contribution in [3.63, 3.8) is 0 Å². The Balaban J connectivity index is 1.39. The monoisotopic (exact) mass is 431 g/mol. The number of anilines is 1. The van der Waals surface area contributed by atoms with Crippen LogP contribution in [0.15, 0.2) is 49.2 Å². The van der Waals surface area contributed by atoms with Crippen LogP contribution in [0.25, 0.3) is 16.9 Å². The van der Waals surface area contributed by atoms with Gasteiger partial charge < -0.3 is 15.3 Å². The number of phenolic OH excluding ortho intramolecular Hbond substituents is 1. The number of benzene rings is 1. The Kier molecular flexibility index (Phi) is 5.10. The molecule has 0 spiro atoms. The number of aryl methyl sites for hydroxylation is 1. The fourth-order valence-corrected chi connectivity index (χ4v) is 4.12. The normalized spacial score (nSPS) is 15.3. The number of rotatable bonds is 4. The summed E-state index contributed by atoms with van der Waals surface area (Å²) in [6.07, 6.45) is 10.5. The van der Waals surface area contributed by atoms with Crippen molar-refractivity contribution in [2.24, 2.45) is 0 Å². The van der Waals surface area contributed by atoms with E-state index in [9.17, 15) is 9.90 Å². The second kappa shape index (κ2) is 8.08. The summed E-state index contributed by atoms with van der Waals surface area (Å²) in [5, 5.41) is 17.6. The highest BCUT2D eigenvalue weighted by atomic mass is 16.3. The highest BCUT2D eigenvalue weighted by molar-refractivity contribution is 6.03. The lowest BCUT2D eigenvalue weighted by Crippen LogP contribution is -2.31. The van der Waals surface area contributed by atoms with Gasteiger partial charge >= 0.3 is 0 Å². The predicted molar refractivity (Wildman–Crippen MR) is 121 cm³/mol. The fourth-order valence-electron chi connectivity index (χ4n) is 4.12. The number of likely N-dealkylation sites (tertiary alicyclic amines) is 1. The third kappa shape index (κ3) is 3.82. The maximum atomic E-state index is 13.0. The second-order valence-corrected chi connectivity index (χ2v) is 8.37. The van der Waals surface area contributed by atoms with Crippen LogP contribution in [0.3, 0.4) is 0 Å². The molecule has 1 amide bonds. The minimum atomic E-state index is -0.298. The molecule has 2 N–H and O–H groups in total. The van der Waals surface area contributed by atoms with Gasteiger partial charge in [-0.05, 0) is 52.0 Å².